The number of carbonyl (C=O) groups excluding carboxylic acids is 2. The van der Waals surface area contributed by atoms with E-state index in [-0.39, 0.29) is 19.6 Å². The first-order chi connectivity index (χ1) is 25.0. The molecule has 0 N–H and O–H groups in total. The Morgan fingerprint density at radius 2 is 1.10 bits per heavy atom. The molecule has 0 amide bonds. The molecular formula is C42H80NO8P. The highest BCUT2D eigenvalue weighted by molar-refractivity contribution is 7.45. The number of carbonyl (C=O) groups is 2. The summed E-state index contributed by atoms with van der Waals surface area (Å²) in [6.07, 6.45) is 36.9. The number of phosphoric ester groups is 1. The maximum atomic E-state index is 12.5. The standard InChI is InChI=1S/C42H80NO8P/c1-6-8-10-12-14-16-18-20-21-23-25-27-29-31-33-35-42(45)51-40(39-50-52(46,47)49-37-36-43(3,4)5)38-48-41(44)34-32-30-28-26-24-22-19-17-15-13-11-9-7-2/h29,31,33,35,40H,6-28,30,32,34,36-39H2,1-5H3/t40-/m1/s1. The van der Waals surface area contributed by atoms with Gasteiger partial charge in [-0.1, -0.05) is 173 Å². The highest BCUT2D eigenvalue weighted by Gasteiger charge is 2.21. The van der Waals surface area contributed by atoms with E-state index in [2.05, 4.69) is 13.8 Å². The largest absolute Gasteiger partial charge is 0.756 e. The van der Waals surface area contributed by atoms with E-state index in [1.165, 1.54) is 134 Å². The van der Waals surface area contributed by atoms with Gasteiger partial charge in [-0.15, -0.1) is 0 Å². The number of nitrogens with zero attached hydrogens (tertiary/aromatic N) is 1. The highest BCUT2D eigenvalue weighted by atomic mass is 31.2. The third-order valence-electron chi connectivity index (χ3n) is 9.08. The molecule has 0 rings (SSSR count). The van der Waals surface area contributed by atoms with Crippen molar-refractivity contribution in [2.75, 3.05) is 47.5 Å². The van der Waals surface area contributed by atoms with Crippen LogP contribution in [0.3, 0.4) is 0 Å². The van der Waals surface area contributed by atoms with Crippen molar-refractivity contribution in [1.82, 2.24) is 0 Å². The molecule has 0 aliphatic carbocycles. The predicted octanol–water partition coefficient (Wildman–Crippen LogP) is 10.9. The summed E-state index contributed by atoms with van der Waals surface area (Å²) < 4.78 is 33.6. The number of allylic oxidation sites excluding steroid dienone is 3. The lowest BCUT2D eigenvalue weighted by atomic mass is 10.0. The van der Waals surface area contributed by atoms with Crippen molar-refractivity contribution in [2.24, 2.45) is 0 Å². The Bertz CT molecular complexity index is 949. The van der Waals surface area contributed by atoms with Crippen LogP contribution in [0.2, 0.25) is 0 Å². The van der Waals surface area contributed by atoms with Gasteiger partial charge in [0, 0.05) is 12.5 Å². The lowest BCUT2D eigenvalue weighted by Crippen LogP contribution is -2.37. The molecule has 0 fully saturated rings. The van der Waals surface area contributed by atoms with E-state index in [0.29, 0.717) is 11.0 Å². The van der Waals surface area contributed by atoms with Crippen molar-refractivity contribution in [3.8, 4) is 0 Å². The molecule has 52 heavy (non-hydrogen) atoms. The Balaban J connectivity index is 4.48. The summed E-state index contributed by atoms with van der Waals surface area (Å²) in [7, 11) is 1.12. The van der Waals surface area contributed by atoms with Gasteiger partial charge in [0.15, 0.2) is 6.10 Å². The Morgan fingerprint density at radius 1 is 0.635 bits per heavy atom. The normalized spacial score (nSPS) is 13.9. The van der Waals surface area contributed by atoms with Gasteiger partial charge in [-0.2, -0.15) is 0 Å². The minimum absolute atomic E-state index is 0.0445. The Kier molecular flexibility index (Phi) is 34.2. The van der Waals surface area contributed by atoms with Crippen molar-refractivity contribution in [3.63, 3.8) is 0 Å². The van der Waals surface area contributed by atoms with Crippen LogP contribution in [0.15, 0.2) is 24.3 Å². The number of quaternary nitrogens is 1. The van der Waals surface area contributed by atoms with Crippen LogP contribution in [0.4, 0.5) is 0 Å². The molecule has 0 aromatic carbocycles. The average Bonchev–Trinajstić information content (AvgIpc) is 3.09. The number of hydrogen-bond donors (Lipinski definition) is 0. The van der Waals surface area contributed by atoms with E-state index >= 15 is 0 Å². The zero-order valence-electron chi connectivity index (χ0n) is 34.3. The number of hydrogen-bond acceptors (Lipinski definition) is 8. The lowest BCUT2D eigenvalue weighted by molar-refractivity contribution is -0.870. The van der Waals surface area contributed by atoms with Crippen LogP contribution in [-0.4, -0.2) is 70.0 Å². The molecule has 0 aromatic heterocycles. The van der Waals surface area contributed by atoms with Gasteiger partial charge in [0.1, 0.15) is 19.8 Å². The predicted molar refractivity (Wildman–Crippen MR) is 213 cm³/mol. The first kappa shape index (κ1) is 50.5. The summed E-state index contributed by atoms with van der Waals surface area (Å²) in [4.78, 5) is 37.3. The number of phosphoric acid groups is 1. The van der Waals surface area contributed by atoms with Crippen LogP contribution in [0.5, 0.6) is 0 Å². The summed E-state index contributed by atoms with van der Waals surface area (Å²) in [5, 5.41) is 0. The van der Waals surface area contributed by atoms with Crippen molar-refractivity contribution in [2.45, 2.75) is 187 Å². The summed E-state index contributed by atoms with van der Waals surface area (Å²) in [6.45, 7) is 4.10. The first-order valence-electron chi connectivity index (χ1n) is 21.1. The van der Waals surface area contributed by atoms with Gasteiger partial charge in [-0.25, -0.2) is 4.79 Å². The zero-order valence-corrected chi connectivity index (χ0v) is 35.2. The van der Waals surface area contributed by atoms with Crippen LogP contribution < -0.4 is 4.89 Å². The molecule has 9 nitrogen and oxygen atoms in total. The van der Waals surface area contributed by atoms with E-state index in [1.807, 2.05) is 33.3 Å². The third-order valence-corrected chi connectivity index (χ3v) is 10.0. The topological polar surface area (TPSA) is 111 Å². The molecule has 1 unspecified atom stereocenters. The second kappa shape index (κ2) is 35.2. The summed E-state index contributed by atoms with van der Waals surface area (Å²) in [6, 6.07) is 0. The summed E-state index contributed by atoms with van der Waals surface area (Å²) in [5.74, 6) is -1.08. The second-order valence-electron chi connectivity index (χ2n) is 15.4. The van der Waals surface area contributed by atoms with E-state index in [9.17, 15) is 19.0 Å². The molecule has 0 bridgehead atoms. The lowest BCUT2D eigenvalue weighted by Gasteiger charge is -2.28. The van der Waals surface area contributed by atoms with E-state index < -0.39 is 32.5 Å². The van der Waals surface area contributed by atoms with Crippen LogP contribution in [0, 0.1) is 0 Å². The van der Waals surface area contributed by atoms with Gasteiger partial charge in [0.2, 0.25) is 0 Å². The second-order valence-corrected chi connectivity index (χ2v) is 16.8. The molecule has 0 aromatic rings. The zero-order chi connectivity index (χ0) is 38.6. The fourth-order valence-electron chi connectivity index (χ4n) is 5.74. The van der Waals surface area contributed by atoms with Gasteiger partial charge >= 0.3 is 11.9 Å². The van der Waals surface area contributed by atoms with Crippen molar-refractivity contribution in [3.05, 3.63) is 24.3 Å². The van der Waals surface area contributed by atoms with Crippen LogP contribution >= 0.6 is 7.82 Å². The van der Waals surface area contributed by atoms with Gasteiger partial charge in [0.05, 0.1) is 27.7 Å². The molecule has 306 valence electrons. The number of likely N-dealkylation sites (N-methyl/N-ethyl adjacent to an activating group) is 1. The van der Waals surface area contributed by atoms with E-state index in [4.69, 9.17) is 18.5 Å². The Hall–Kier alpha value is -1.51. The number of unbranched alkanes of at least 4 members (excludes halogenated alkanes) is 23. The SMILES string of the molecule is CCCCCCCCCCCCCC=CC=CC(=O)O[C@H](COC(=O)CCCCCCCCCCCCCCC)COP(=O)([O-])OCC[N+](C)(C)C. The van der Waals surface area contributed by atoms with Crippen LogP contribution in [0.25, 0.3) is 0 Å². The van der Waals surface area contributed by atoms with Crippen LogP contribution in [-0.2, 0) is 32.7 Å². The minimum atomic E-state index is -4.64. The average molecular weight is 758 g/mol. The van der Waals surface area contributed by atoms with Crippen LogP contribution in [0.1, 0.15) is 181 Å². The van der Waals surface area contributed by atoms with E-state index in [0.717, 1.165) is 32.1 Å². The Labute approximate surface area is 319 Å². The number of esters is 2. The maximum absolute atomic E-state index is 12.5. The van der Waals surface area contributed by atoms with Gasteiger partial charge in [0.25, 0.3) is 7.82 Å². The monoisotopic (exact) mass is 758 g/mol. The number of rotatable bonds is 38. The van der Waals surface area contributed by atoms with Gasteiger partial charge in [-0.05, 0) is 19.3 Å². The molecule has 2 atom stereocenters. The molecular weight excluding hydrogens is 677 g/mol. The smallest absolute Gasteiger partial charge is 0.331 e. The molecule has 0 saturated heterocycles. The molecule has 10 heteroatoms. The molecule has 0 spiro atoms. The third kappa shape index (κ3) is 38.2. The summed E-state index contributed by atoms with van der Waals surface area (Å²) in [5.41, 5.74) is 0. The Morgan fingerprint density at radius 3 is 1.58 bits per heavy atom. The van der Waals surface area contributed by atoms with Crippen molar-refractivity contribution < 1.29 is 42.1 Å². The fourth-order valence-corrected chi connectivity index (χ4v) is 6.47. The molecule has 0 heterocycles. The van der Waals surface area contributed by atoms with Gasteiger partial charge in [-0.3, -0.25) is 9.36 Å². The summed E-state index contributed by atoms with van der Waals surface area (Å²) >= 11 is 0. The molecule has 0 aliphatic heterocycles. The van der Waals surface area contributed by atoms with E-state index in [1.54, 1.807) is 6.08 Å². The fraction of sp³-hybridized carbons (Fsp3) is 0.857. The minimum Gasteiger partial charge on any atom is -0.756 e. The molecule has 0 radical (unpaired) electrons. The quantitative estimate of drug-likeness (QED) is 0.0153. The number of ether oxygens (including phenoxy) is 2. The highest BCUT2D eigenvalue weighted by Crippen LogP contribution is 2.38. The maximum Gasteiger partial charge on any atom is 0.331 e. The molecule has 0 aliphatic rings. The first-order valence-corrected chi connectivity index (χ1v) is 22.5. The van der Waals surface area contributed by atoms with Crippen molar-refractivity contribution in [1.29, 1.82) is 0 Å². The molecule has 0 saturated carbocycles. The van der Waals surface area contributed by atoms with Gasteiger partial charge < -0.3 is 27.9 Å². The van der Waals surface area contributed by atoms with Crippen molar-refractivity contribution >= 4 is 19.8 Å².